The molecule has 4 heteroatoms. The summed E-state index contributed by atoms with van der Waals surface area (Å²) in [5.41, 5.74) is 0. The second kappa shape index (κ2) is 5.65. The van der Waals surface area contributed by atoms with Crippen molar-refractivity contribution in [2.24, 2.45) is 11.8 Å². The van der Waals surface area contributed by atoms with E-state index in [0.717, 1.165) is 12.3 Å². The minimum atomic E-state index is -0.519. The molecule has 0 aliphatic heterocycles. The lowest BCUT2D eigenvalue weighted by atomic mass is 9.95. The fourth-order valence-corrected chi connectivity index (χ4v) is 3.69. The molecular weight excluding hydrogens is 274 g/mol. The Morgan fingerprint density at radius 1 is 1.35 bits per heavy atom. The lowest BCUT2D eigenvalue weighted by Gasteiger charge is -2.25. The number of fused-ring (bicyclic) bond motifs is 2. The first-order valence-electron chi connectivity index (χ1n) is 7.35. The standard InChI is InChI=1S/C16H20ClNO2/c1-10(20-15-5-3-2-4-13(15)17)16(19)18-14-9-11-6-7-12(14)8-11/h2-5,10-12,14H,6-9H2,1H3,(H,18,19)/t10-,11-,12-,14-/m1/s1. The molecule has 1 aromatic rings. The van der Waals surface area contributed by atoms with Gasteiger partial charge in [-0.25, -0.2) is 0 Å². The number of rotatable bonds is 4. The Balaban J connectivity index is 1.56. The number of carbonyl (C=O) groups is 1. The van der Waals surface area contributed by atoms with E-state index >= 15 is 0 Å². The van der Waals surface area contributed by atoms with Crippen molar-refractivity contribution in [1.29, 1.82) is 0 Å². The molecule has 3 rings (SSSR count). The maximum atomic E-state index is 12.2. The SMILES string of the molecule is C[C@@H](Oc1ccccc1Cl)C(=O)N[C@@H]1C[C@@H]2CC[C@@H]1C2. The number of nitrogens with one attached hydrogen (secondary N) is 1. The van der Waals surface area contributed by atoms with E-state index < -0.39 is 6.10 Å². The molecule has 20 heavy (non-hydrogen) atoms. The van der Waals surface area contributed by atoms with E-state index in [0.29, 0.717) is 22.7 Å². The lowest BCUT2D eigenvalue weighted by Crippen LogP contribution is -2.44. The summed E-state index contributed by atoms with van der Waals surface area (Å²) in [6, 6.07) is 7.58. The Bertz CT molecular complexity index is 505. The zero-order chi connectivity index (χ0) is 14.1. The molecule has 108 valence electrons. The molecule has 0 spiro atoms. The predicted molar refractivity (Wildman–Crippen MR) is 78.9 cm³/mol. The second-order valence-electron chi connectivity index (χ2n) is 5.98. The third-order valence-electron chi connectivity index (χ3n) is 4.58. The molecule has 1 N–H and O–H groups in total. The highest BCUT2D eigenvalue weighted by Gasteiger charge is 2.40. The van der Waals surface area contributed by atoms with Gasteiger partial charge in [-0.05, 0) is 50.2 Å². The molecule has 3 nitrogen and oxygen atoms in total. The maximum Gasteiger partial charge on any atom is 0.261 e. The van der Waals surface area contributed by atoms with Crippen LogP contribution in [0.15, 0.2) is 24.3 Å². The molecule has 2 aliphatic carbocycles. The molecule has 2 aliphatic rings. The van der Waals surface area contributed by atoms with Crippen LogP contribution in [0.25, 0.3) is 0 Å². The first kappa shape index (κ1) is 13.7. The summed E-state index contributed by atoms with van der Waals surface area (Å²) < 4.78 is 5.65. The highest BCUT2D eigenvalue weighted by atomic mass is 35.5. The molecule has 2 saturated carbocycles. The smallest absolute Gasteiger partial charge is 0.261 e. The molecular formula is C16H20ClNO2. The van der Waals surface area contributed by atoms with E-state index in [1.54, 1.807) is 19.1 Å². The number of amides is 1. The van der Waals surface area contributed by atoms with Gasteiger partial charge in [0.05, 0.1) is 5.02 Å². The van der Waals surface area contributed by atoms with Gasteiger partial charge in [-0.1, -0.05) is 30.2 Å². The lowest BCUT2D eigenvalue weighted by molar-refractivity contribution is -0.128. The van der Waals surface area contributed by atoms with Crippen LogP contribution in [-0.2, 0) is 4.79 Å². The quantitative estimate of drug-likeness (QED) is 0.924. The van der Waals surface area contributed by atoms with E-state index in [-0.39, 0.29) is 5.91 Å². The maximum absolute atomic E-state index is 12.2. The van der Waals surface area contributed by atoms with Crippen molar-refractivity contribution in [1.82, 2.24) is 5.32 Å². The van der Waals surface area contributed by atoms with Crippen LogP contribution in [0.1, 0.15) is 32.6 Å². The topological polar surface area (TPSA) is 38.3 Å². The molecule has 2 fully saturated rings. The van der Waals surface area contributed by atoms with E-state index in [1.807, 2.05) is 12.1 Å². The molecule has 0 unspecified atom stereocenters. The number of carbonyl (C=O) groups excluding carboxylic acids is 1. The first-order chi connectivity index (χ1) is 9.63. The Hall–Kier alpha value is -1.22. The van der Waals surface area contributed by atoms with Crippen molar-refractivity contribution < 1.29 is 9.53 Å². The first-order valence-corrected chi connectivity index (χ1v) is 7.73. The largest absolute Gasteiger partial charge is 0.479 e. The summed E-state index contributed by atoms with van der Waals surface area (Å²) in [6.45, 7) is 1.77. The minimum absolute atomic E-state index is 0.0394. The van der Waals surface area contributed by atoms with E-state index in [4.69, 9.17) is 16.3 Å². The summed E-state index contributed by atoms with van der Waals surface area (Å²) in [6.07, 6.45) is 4.49. The van der Waals surface area contributed by atoms with Gasteiger partial charge in [-0.15, -0.1) is 0 Å². The van der Waals surface area contributed by atoms with Gasteiger partial charge in [-0.2, -0.15) is 0 Å². The number of halogens is 1. The molecule has 4 atom stereocenters. The fourth-order valence-electron chi connectivity index (χ4n) is 3.51. The summed E-state index contributed by atoms with van der Waals surface area (Å²) in [7, 11) is 0. The van der Waals surface area contributed by atoms with Crippen molar-refractivity contribution in [2.75, 3.05) is 0 Å². The highest BCUT2D eigenvalue weighted by Crippen LogP contribution is 2.44. The van der Waals surface area contributed by atoms with Crippen molar-refractivity contribution >= 4 is 17.5 Å². The number of para-hydroxylation sites is 1. The molecule has 1 amide bonds. The third kappa shape index (κ3) is 2.78. The zero-order valence-electron chi connectivity index (χ0n) is 11.6. The van der Waals surface area contributed by atoms with Gasteiger partial charge in [0.25, 0.3) is 5.91 Å². The van der Waals surface area contributed by atoms with Crippen molar-refractivity contribution in [3.05, 3.63) is 29.3 Å². The number of hydrogen-bond acceptors (Lipinski definition) is 2. The van der Waals surface area contributed by atoms with Crippen molar-refractivity contribution in [3.8, 4) is 5.75 Å². The molecule has 0 aromatic heterocycles. The van der Waals surface area contributed by atoms with Gasteiger partial charge in [0, 0.05) is 6.04 Å². The van der Waals surface area contributed by atoms with E-state index in [1.165, 1.54) is 19.3 Å². The van der Waals surface area contributed by atoms with Crippen LogP contribution in [0.4, 0.5) is 0 Å². The average molecular weight is 294 g/mol. The van der Waals surface area contributed by atoms with Crippen LogP contribution in [0.2, 0.25) is 5.02 Å². The summed E-state index contributed by atoms with van der Waals surface area (Å²) in [4.78, 5) is 12.2. The number of ether oxygens (including phenoxy) is 1. The summed E-state index contributed by atoms with van der Waals surface area (Å²) in [5.74, 6) is 2.02. The van der Waals surface area contributed by atoms with Crippen LogP contribution in [0.3, 0.4) is 0 Å². The van der Waals surface area contributed by atoms with Crippen LogP contribution in [-0.4, -0.2) is 18.1 Å². The van der Waals surface area contributed by atoms with Gasteiger partial charge < -0.3 is 10.1 Å². The van der Waals surface area contributed by atoms with Crippen LogP contribution in [0, 0.1) is 11.8 Å². The fraction of sp³-hybridized carbons (Fsp3) is 0.562. The van der Waals surface area contributed by atoms with Crippen molar-refractivity contribution in [2.45, 2.75) is 44.8 Å². The van der Waals surface area contributed by atoms with Crippen LogP contribution < -0.4 is 10.1 Å². The molecule has 0 radical (unpaired) electrons. The zero-order valence-corrected chi connectivity index (χ0v) is 12.4. The normalized spacial score (nSPS) is 29.2. The molecule has 1 aromatic carbocycles. The van der Waals surface area contributed by atoms with Gasteiger partial charge >= 0.3 is 0 Å². The molecule has 0 heterocycles. The third-order valence-corrected chi connectivity index (χ3v) is 4.89. The molecule has 2 bridgehead atoms. The van der Waals surface area contributed by atoms with Gasteiger partial charge in [0.2, 0.25) is 0 Å². The van der Waals surface area contributed by atoms with E-state index in [9.17, 15) is 4.79 Å². The average Bonchev–Trinajstić information content (AvgIpc) is 3.03. The van der Waals surface area contributed by atoms with Crippen molar-refractivity contribution in [3.63, 3.8) is 0 Å². The van der Waals surface area contributed by atoms with Crippen LogP contribution >= 0.6 is 11.6 Å². The number of hydrogen-bond donors (Lipinski definition) is 1. The minimum Gasteiger partial charge on any atom is -0.479 e. The Morgan fingerprint density at radius 2 is 2.15 bits per heavy atom. The monoisotopic (exact) mass is 293 g/mol. The van der Waals surface area contributed by atoms with Gasteiger partial charge in [-0.3, -0.25) is 4.79 Å². The van der Waals surface area contributed by atoms with Gasteiger partial charge in [0.1, 0.15) is 5.75 Å². The molecule has 0 saturated heterocycles. The summed E-state index contributed by atoms with van der Waals surface area (Å²) in [5, 5.41) is 3.68. The Kier molecular flexibility index (Phi) is 3.88. The predicted octanol–water partition coefficient (Wildman–Crippen LogP) is 3.41. The van der Waals surface area contributed by atoms with Gasteiger partial charge in [0.15, 0.2) is 6.10 Å². The highest BCUT2D eigenvalue weighted by molar-refractivity contribution is 6.32. The Morgan fingerprint density at radius 3 is 2.80 bits per heavy atom. The second-order valence-corrected chi connectivity index (χ2v) is 6.39. The summed E-state index contributed by atoms with van der Waals surface area (Å²) >= 11 is 6.04. The Labute approximate surface area is 124 Å². The number of benzene rings is 1. The van der Waals surface area contributed by atoms with Crippen LogP contribution in [0.5, 0.6) is 5.75 Å². The van der Waals surface area contributed by atoms with E-state index in [2.05, 4.69) is 5.32 Å².